The van der Waals surface area contributed by atoms with Gasteiger partial charge in [-0.3, -0.25) is 0 Å². The third kappa shape index (κ3) is 4.42. The molecule has 0 aliphatic heterocycles. The molecule has 0 aliphatic rings. The van der Waals surface area contributed by atoms with Crippen molar-refractivity contribution in [3.8, 4) is 0 Å². The molecule has 0 atom stereocenters. The van der Waals surface area contributed by atoms with E-state index in [0.29, 0.717) is 0 Å². The summed E-state index contributed by atoms with van der Waals surface area (Å²) in [6, 6.07) is 17.9. The van der Waals surface area contributed by atoms with Gasteiger partial charge in [0, 0.05) is 0 Å². The molecule has 0 amide bonds. The SMILES string of the molecule is CCCCCCP(c1ccccc1C)c1ccccc1C. The highest BCUT2D eigenvalue weighted by Crippen LogP contribution is 2.37. The summed E-state index contributed by atoms with van der Waals surface area (Å²) >= 11 is 0. The van der Waals surface area contributed by atoms with E-state index in [4.69, 9.17) is 0 Å². The van der Waals surface area contributed by atoms with Crippen molar-refractivity contribution in [3.05, 3.63) is 59.7 Å². The third-order valence-electron chi connectivity index (χ3n) is 4.05. The lowest BCUT2D eigenvalue weighted by Crippen LogP contribution is -2.18. The number of rotatable bonds is 7. The van der Waals surface area contributed by atoms with Gasteiger partial charge in [-0.2, -0.15) is 0 Å². The Morgan fingerprint density at radius 1 is 0.714 bits per heavy atom. The normalized spacial score (nSPS) is 11.0. The summed E-state index contributed by atoms with van der Waals surface area (Å²) in [6.07, 6.45) is 6.72. The zero-order chi connectivity index (χ0) is 15.1. The molecule has 2 aromatic carbocycles. The van der Waals surface area contributed by atoms with E-state index in [1.165, 1.54) is 43.0 Å². The van der Waals surface area contributed by atoms with Crippen LogP contribution in [0.25, 0.3) is 0 Å². The maximum atomic E-state index is 2.34. The predicted molar refractivity (Wildman–Crippen MR) is 97.6 cm³/mol. The molecule has 21 heavy (non-hydrogen) atoms. The zero-order valence-electron chi connectivity index (χ0n) is 13.6. The fourth-order valence-electron chi connectivity index (χ4n) is 2.80. The van der Waals surface area contributed by atoms with Crippen molar-refractivity contribution in [3.63, 3.8) is 0 Å². The molecule has 112 valence electrons. The molecule has 0 unspecified atom stereocenters. The molecule has 0 N–H and O–H groups in total. The van der Waals surface area contributed by atoms with Crippen LogP contribution in [0, 0.1) is 13.8 Å². The van der Waals surface area contributed by atoms with Crippen molar-refractivity contribution in [1.29, 1.82) is 0 Å². The van der Waals surface area contributed by atoms with Gasteiger partial charge < -0.3 is 0 Å². The molecule has 0 radical (unpaired) electrons. The fraction of sp³-hybridized carbons (Fsp3) is 0.400. The molecule has 0 spiro atoms. The molecule has 0 saturated heterocycles. The molecule has 0 fully saturated rings. The van der Waals surface area contributed by atoms with Crippen LogP contribution in [0.3, 0.4) is 0 Å². The first kappa shape index (κ1) is 16.2. The summed E-state index contributed by atoms with van der Waals surface area (Å²) in [7, 11) is -0.209. The van der Waals surface area contributed by atoms with Gasteiger partial charge in [0.2, 0.25) is 0 Å². The molecular formula is C20H27P. The van der Waals surface area contributed by atoms with E-state index in [0.717, 1.165) is 0 Å². The van der Waals surface area contributed by atoms with Crippen LogP contribution in [0.15, 0.2) is 48.5 Å². The zero-order valence-corrected chi connectivity index (χ0v) is 14.5. The Hall–Kier alpha value is -1.13. The van der Waals surface area contributed by atoms with Gasteiger partial charge in [0.1, 0.15) is 0 Å². The minimum absolute atomic E-state index is 0.209. The van der Waals surface area contributed by atoms with Crippen LogP contribution in [0.4, 0.5) is 0 Å². The third-order valence-corrected chi connectivity index (χ3v) is 6.98. The van der Waals surface area contributed by atoms with Crippen molar-refractivity contribution >= 4 is 18.5 Å². The minimum atomic E-state index is -0.209. The Morgan fingerprint density at radius 3 is 1.71 bits per heavy atom. The first-order chi connectivity index (χ1) is 10.2. The van der Waals surface area contributed by atoms with Crippen LogP contribution in [-0.2, 0) is 0 Å². The summed E-state index contributed by atoms with van der Waals surface area (Å²) in [5.41, 5.74) is 2.89. The Labute approximate surface area is 131 Å². The molecule has 1 heteroatoms. The second kappa shape index (κ2) is 8.35. The summed E-state index contributed by atoms with van der Waals surface area (Å²) in [4.78, 5) is 0. The molecule has 0 saturated carbocycles. The number of benzene rings is 2. The Morgan fingerprint density at radius 2 is 1.24 bits per heavy atom. The first-order valence-electron chi connectivity index (χ1n) is 8.13. The number of unbranched alkanes of at least 4 members (excludes halogenated alkanes) is 3. The van der Waals surface area contributed by atoms with Crippen LogP contribution in [0.5, 0.6) is 0 Å². The Kier molecular flexibility index (Phi) is 6.46. The summed E-state index contributed by atoms with van der Waals surface area (Å²) in [5, 5.41) is 3.14. The Bertz CT molecular complexity index is 514. The lowest BCUT2D eigenvalue weighted by atomic mass is 10.2. The van der Waals surface area contributed by atoms with Gasteiger partial charge in [-0.25, -0.2) is 0 Å². The van der Waals surface area contributed by atoms with Crippen LogP contribution in [0.1, 0.15) is 43.7 Å². The average Bonchev–Trinajstić information content (AvgIpc) is 2.50. The predicted octanol–water partition coefficient (Wildman–Crippen LogP) is 5.32. The van der Waals surface area contributed by atoms with E-state index < -0.39 is 0 Å². The van der Waals surface area contributed by atoms with E-state index in [-0.39, 0.29) is 7.92 Å². The molecule has 0 nitrogen and oxygen atoms in total. The monoisotopic (exact) mass is 298 g/mol. The molecular weight excluding hydrogens is 271 g/mol. The Balaban J connectivity index is 2.27. The van der Waals surface area contributed by atoms with Crippen molar-refractivity contribution in [1.82, 2.24) is 0 Å². The van der Waals surface area contributed by atoms with Gasteiger partial charge in [0.05, 0.1) is 0 Å². The topological polar surface area (TPSA) is 0 Å². The van der Waals surface area contributed by atoms with E-state index in [2.05, 4.69) is 69.3 Å². The van der Waals surface area contributed by atoms with Crippen molar-refractivity contribution in [2.45, 2.75) is 46.5 Å². The molecule has 0 aromatic heterocycles. The van der Waals surface area contributed by atoms with Crippen LogP contribution >= 0.6 is 7.92 Å². The molecule has 0 bridgehead atoms. The summed E-state index contributed by atoms with van der Waals surface area (Å²) < 4.78 is 0. The first-order valence-corrected chi connectivity index (χ1v) is 9.65. The van der Waals surface area contributed by atoms with E-state index >= 15 is 0 Å². The highest BCUT2D eigenvalue weighted by molar-refractivity contribution is 7.73. The molecule has 0 heterocycles. The summed E-state index contributed by atoms with van der Waals surface area (Å²) in [6.45, 7) is 6.80. The van der Waals surface area contributed by atoms with Gasteiger partial charge in [0.25, 0.3) is 0 Å². The standard InChI is InChI=1S/C20H27P/c1-4-5-6-11-16-21(19-14-9-7-12-17(19)2)20-15-10-8-13-18(20)3/h7-10,12-15H,4-6,11,16H2,1-3H3. The van der Waals surface area contributed by atoms with Gasteiger partial charge in [-0.1, -0.05) is 74.7 Å². The van der Waals surface area contributed by atoms with E-state index in [9.17, 15) is 0 Å². The number of hydrogen-bond acceptors (Lipinski definition) is 0. The minimum Gasteiger partial charge on any atom is -0.0654 e. The quantitative estimate of drug-likeness (QED) is 0.479. The molecule has 2 rings (SSSR count). The van der Waals surface area contributed by atoms with Gasteiger partial charge >= 0.3 is 0 Å². The van der Waals surface area contributed by atoms with Crippen molar-refractivity contribution in [2.75, 3.05) is 6.16 Å². The van der Waals surface area contributed by atoms with Crippen LogP contribution < -0.4 is 10.6 Å². The van der Waals surface area contributed by atoms with Crippen molar-refractivity contribution < 1.29 is 0 Å². The number of aryl methyl sites for hydroxylation is 2. The number of hydrogen-bond donors (Lipinski definition) is 0. The molecule has 2 aromatic rings. The smallest absolute Gasteiger partial charge is 0.0166 e. The second-order valence-electron chi connectivity index (χ2n) is 5.79. The lowest BCUT2D eigenvalue weighted by molar-refractivity contribution is 0.705. The van der Waals surface area contributed by atoms with Gasteiger partial charge in [-0.15, -0.1) is 0 Å². The van der Waals surface area contributed by atoms with E-state index in [1.54, 1.807) is 10.6 Å². The van der Waals surface area contributed by atoms with Gasteiger partial charge in [0.15, 0.2) is 0 Å². The maximum Gasteiger partial charge on any atom is -0.0166 e. The maximum absolute atomic E-state index is 2.34. The fourth-order valence-corrected chi connectivity index (χ4v) is 5.61. The highest BCUT2D eigenvalue weighted by atomic mass is 31.1. The van der Waals surface area contributed by atoms with Crippen LogP contribution in [0.2, 0.25) is 0 Å². The lowest BCUT2D eigenvalue weighted by Gasteiger charge is -2.22. The van der Waals surface area contributed by atoms with Crippen LogP contribution in [-0.4, -0.2) is 6.16 Å². The van der Waals surface area contributed by atoms with E-state index in [1.807, 2.05) is 0 Å². The molecule has 0 aliphatic carbocycles. The summed E-state index contributed by atoms with van der Waals surface area (Å²) in [5.74, 6) is 0. The second-order valence-corrected chi connectivity index (χ2v) is 8.05. The van der Waals surface area contributed by atoms with Gasteiger partial charge in [-0.05, 0) is 56.1 Å². The van der Waals surface area contributed by atoms with Crippen molar-refractivity contribution in [2.24, 2.45) is 0 Å². The average molecular weight is 298 g/mol. The largest absolute Gasteiger partial charge is 0.0654 e. The highest BCUT2D eigenvalue weighted by Gasteiger charge is 2.16.